The molecule has 0 aliphatic heterocycles. The summed E-state index contributed by atoms with van der Waals surface area (Å²) in [5.41, 5.74) is 0. The maximum absolute atomic E-state index is 13.0. The molecule has 0 spiro atoms. The smallest absolute Gasteiger partial charge is 0.387 e. The summed E-state index contributed by atoms with van der Waals surface area (Å²) < 4.78 is 23.7. The number of rotatable bonds is 53. The molecule has 0 aliphatic rings. The molecule has 1 amide bonds. The summed E-state index contributed by atoms with van der Waals surface area (Å²) in [5, 5.41) is 13.9. The van der Waals surface area contributed by atoms with Crippen LogP contribution in [-0.4, -0.2) is 73.4 Å². The summed E-state index contributed by atoms with van der Waals surface area (Å²) >= 11 is 0. The highest BCUT2D eigenvalue weighted by Crippen LogP contribution is 2.43. The minimum Gasteiger partial charge on any atom is -0.387 e. The van der Waals surface area contributed by atoms with E-state index in [0.29, 0.717) is 17.4 Å². The molecule has 0 saturated carbocycles. The molecular weight excluding hydrogens is 864 g/mol. The Morgan fingerprint density at radius 3 is 1.18 bits per heavy atom. The van der Waals surface area contributed by atoms with Gasteiger partial charge in [-0.2, -0.15) is 0 Å². The predicted molar refractivity (Wildman–Crippen MR) is 295 cm³/mol. The molecule has 8 nitrogen and oxygen atoms in total. The lowest BCUT2D eigenvalue weighted by atomic mass is 10.0. The van der Waals surface area contributed by atoms with Crippen LogP contribution >= 0.6 is 7.82 Å². The summed E-state index contributed by atoms with van der Waals surface area (Å²) in [6.07, 6.45) is 66.5. The van der Waals surface area contributed by atoms with Gasteiger partial charge in [0.2, 0.25) is 5.91 Å². The number of nitrogens with one attached hydrogen (secondary N) is 1. The van der Waals surface area contributed by atoms with E-state index in [1.807, 2.05) is 27.2 Å². The van der Waals surface area contributed by atoms with Crippen molar-refractivity contribution in [3.8, 4) is 0 Å². The zero-order chi connectivity index (χ0) is 49.9. The van der Waals surface area contributed by atoms with Gasteiger partial charge in [0, 0.05) is 6.42 Å². The number of hydrogen-bond acceptors (Lipinski definition) is 5. The molecule has 3 N–H and O–H groups in total. The van der Waals surface area contributed by atoms with E-state index in [-0.39, 0.29) is 19.1 Å². The second kappa shape index (κ2) is 50.4. The number of unbranched alkanes of at least 4 members (excludes halogenated alkanes) is 34. The second-order valence-electron chi connectivity index (χ2n) is 21.0. The lowest BCUT2D eigenvalue weighted by molar-refractivity contribution is -0.870. The van der Waals surface area contributed by atoms with E-state index in [1.54, 1.807) is 6.08 Å². The number of aliphatic hydroxyl groups excluding tert-OH is 1. The molecule has 3 unspecified atom stereocenters. The number of carbonyl (C=O) groups is 1. The Balaban J connectivity index is 4.27. The van der Waals surface area contributed by atoms with Crippen LogP contribution in [0, 0.1) is 0 Å². The van der Waals surface area contributed by atoms with Gasteiger partial charge >= 0.3 is 7.82 Å². The van der Waals surface area contributed by atoms with Crippen LogP contribution in [0.1, 0.15) is 271 Å². The molecule has 0 heterocycles. The normalized spacial score (nSPS) is 14.3. The zero-order valence-corrected chi connectivity index (χ0v) is 46.5. The molecule has 0 aromatic rings. The third-order valence-electron chi connectivity index (χ3n) is 13.0. The SMILES string of the molecule is CCCCCCCCC/C=C\CCCCCCCCCC(=O)NC(COP(=O)(O)OCC[N+](C)(C)C)C(O)/C=C/CC/C=C/CC/C=C/CCCCCCCCCCCCCCCCCCCC. The largest absolute Gasteiger partial charge is 0.472 e. The minimum absolute atomic E-state index is 0.0522. The van der Waals surface area contributed by atoms with Gasteiger partial charge in [0.15, 0.2) is 0 Å². The van der Waals surface area contributed by atoms with Crippen LogP contribution in [0.5, 0.6) is 0 Å². The van der Waals surface area contributed by atoms with Crippen molar-refractivity contribution in [3.63, 3.8) is 0 Å². The Morgan fingerprint density at radius 1 is 0.485 bits per heavy atom. The van der Waals surface area contributed by atoms with Gasteiger partial charge in [-0.25, -0.2) is 4.57 Å². The summed E-state index contributed by atoms with van der Waals surface area (Å²) in [7, 11) is 1.55. The predicted octanol–water partition coefficient (Wildman–Crippen LogP) is 17.5. The number of quaternary nitrogens is 1. The van der Waals surface area contributed by atoms with Crippen LogP contribution < -0.4 is 5.32 Å². The molecule has 0 aromatic heterocycles. The zero-order valence-electron chi connectivity index (χ0n) is 45.6. The molecule has 0 radical (unpaired) electrons. The molecule has 0 rings (SSSR count). The summed E-state index contributed by atoms with van der Waals surface area (Å²) in [4.78, 5) is 23.3. The van der Waals surface area contributed by atoms with Crippen molar-refractivity contribution in [2.24, 2.45) is 0 Å². The highest BCUT2D eigenvalue weighted by Gasteiger charge is 2.27. The monoisotopic (exact) mass is 978 g/mol. The van der Waals surface area contributed by atoms with Crippen molar-refractivity contribution < 1.29 is 32.9 Å². The third-order valence-corrected chi connectivity index (χ3v) is 14.0. The topological polar surface area (TPSA) is 105 Å². The van der Waals surface area contributed by atoms with Crippen molar-refractivity contribution in [1.29, 1.82) is 0 Å². The number of phosphoric ester groups is 1. The first kappa shape index (κ1) is 66.5. The first-order valence-electron chi connectivity index (χ1n) is 29.0. The summed E-state index contributed by atoms with van der Waals surface area (Å²) in [5.74, 6) is -0.194. The number of hydrogen-bond donors (Lipinski definition) is 3. The molecule has 3 atom stereocenters. The van der Waals surface area contributed by atoms with Crippen LogP contribution in [0.3, 0.4) is 0 Å². The number of aliphatic hydroxyl groups is 1. The van der Waals surface area contributed by atoms with Gasteiger partial charge < -0.3 is 19.8 Å². The van der Waals surface area contributed by atoms with Gasteiger partial charge in [0.1, 0.15) is 13.2 Å². The third kappa shape index (κ3) is 52.3. The number of likely N-dealkylation sites (N-methyl/N-ethyl adjacent to an activating group) is 1. The first-order valence-corrected chi connectivity index (χ1v) is 30.5. The van der Waals surface area contributed by atoms with E-state index in [9.17, 15) is 19.4 Å². The van der Waals surface area contributed by atoms with Gasteiger partial charge in [-0.15, -0.1) is 0 Å². The highest BCUT2D eigenvalue weighted by molar-refractivity contribution is 7.47. The van der Waals surface area contributed by atoms with Crippen molar-refractivity contribution >= 4 is 13.7 Å². The lowest BCUT2D eigenvalue weighted by Crippen LogP contribution is -2.45. The van der Waals surface area contributed by atoms with Gasteiger partial charge in [0.05, 0.1) is 39.9 Å². The molecular formula is C59H114N2O6P+. The van der Waals surface area contributed by atoms with Crippen molar-refractivity contribution in [2.75, 3.05) is 40.9 Å². The quantitative estimate of drug-likeness (QED) is 0.0243. The maximum Gasteiger partial charge on any atom is 0.472 e. The van der Waals surface area contributed by atoms with E-state index < -0.39 is 20.0 Å². The molecule has 0 fully saturated rings. The van der Waals surface area contributed by atoms with E-state index in [4.69, 9.17) is 9.05 Å². The standard InChI is InChI=1S/C59H113N2O6P/c1-6-8-10-12-14-16-18-20-22-24-26-27-28-29-30-31-32-33-34-35-36-38-40-42-44-46-48-50-52-58(62)57(56-67-68(64,65)66-55-54-61(3,4)5)60-59(63)53-51-49-47-45-43-41-39-37-25-23-21-19-17-15-13-11-9-7-2/h23,25,35-36,42,44,50,52,57-58,62H,6-22,24,26-34,37-41,43,45-49,51,53-56H2,1-5H3,(H-,60,63,64,65)/p+1/b25-23-,36-35+,44-42+,52-50+. The highest BCUT2D eigenvalue weighted by atomic mass is 31.2. The van der Waals surface area contributed by atoms with Crippen molar-refractivity contribution in [2.45, 2.75) is 283 Å². The summed E-state index contributed by atoms with van der Waals surface area (Å²) in [6, 6.07) is -0.873. The molecule has 0 bridgehead atoms. The van der Waals surface area contributed by atoms with E-state index >= 15 is 0 Å². The van der Waals surface area contributed by atoms with Gasteiger partial charge in [-0.1, -0.05) is 242 Å². The number of amides is 1. The molecule has 0 aromatic carbocycles. The molecule has 0 saturated heterocycles. The lowest BCUT2D eigenvalue weighted by Gasteiger charge is -2.25. The van der Waals surface area contributed by atoms with E-state index in [0.717, 1.165) is 44.9 Å². The fraction of sp³-hybridized carbons (Fsp3) is 0.847. The molecule has 400 valence electrons. The van der Waals surface area contributed by atoms with Crippen LogP contribution in [0.25, 0.3) is 0 Å². The Kier molecular flexibility index (Phi) is 49.3. The van der Waals surface area contributed by atoms with Crippen LogP contribution in [-0.2, 0) is 18.4 Å². The average molecular weight is 979 g/mol. The van der Waals surface area contributed by atoms with E-state index in [2.05, 4.69) is 55.6 Å². The van der Waals surface area contributed by atoms with Gasteiger partial charge in [-0.05, 0) is 70.6 Å². The van der Waals surface area contributed by atoms with E-state index in [1.165, 1.54) is 205 Å². The number of nitrogens with zero attached hydrogens (tertiary/aromatic N) is 1. The molecule has 68 heavy (non-hydrogen) atoms. The summed E-state index contributed by atoms with van der Waals surface area (Å²) in [6.45, 7) is 4.81. The van der Waals surface area contributed by atoms with Crippen LogP contribution in [0.4, 0.5) is 0 Å². The fourth-order valence-electron chi connectivity index (χ4n) is 8.42. The van der Waals surface area contributed by atoms with Crippen LogP contribution in [0.2, 0.25) is 0 Å². The van der Waals surface area contributed by atoms with Crippen molar-refractivity contribution in [1.82, 2.24) is 5.32 Å². The van der Waals surface area contributed by atoms with Crippen LogP contribution in [0.15, 0.2) is 48.6 Å². The number of allylic oxidation sites excluding steroid dienone is 7. The number of phosphoric acid groups is 1. The molecule has 0 aliphatic carbocycles. The maximum atomic E-state index is 13.0. The first-order chi connectivity index (χ1) is 33.0. The average Bonchev–Trinajstić information content (AvgIpc) is 3.30. The Labute approximate surface area is 422 Å². The second-order valence-corrected chi connectivity index (χ2v) is 22.4. The molecule has 9 heteroatoms. The number of carbonyl (C=O) groups excluding carboxylic acids is 1. The van der Waals surface area contributed by atoms with Gasteiger partial charge in [0.25, 0.3) is 0 Å². The Bertz CT molecular complexity index is 1250. The van der Waals surface area contributed by atoms with Crippen molar-refractivity contribution in [3.05, 3.63) is 48.6 Å². The Morgan fingerprint density at radius 2 is 0.809 bits per heavy atom. The Hall–Kier alpha value is -1.54. The fourth-order valence-corrected chi connectivity index (χ4v) is 9.16. The van der Waals surface area contributed by atoms with Gasteiger partial charge in [-0.3, -0.25) is 13.8 Å². The minimum atomic E-state index is -4.36.